The molecule has 3 nitrogen and oxygen atoms in total. The van der Waals surface area contributed by atoms with Crippen molar-refractivity contribution in [1.82, 2.24) is 9.97 Å². The van der Waals surface area contributed by atoms with Crippen LogP contribution in [0.4, 0.5) is 0 Å². The molecule has 3 heteroatoms. The van der Waals surface area contributed by atoms with Crippen LogP contribution in [0.2, 0.25) is 0 Å². The monoisotopic (exact) mass is 335 g/mol. The molecular formula is C23H17N3. The topological polar surface area (TPSA) is 51.8 Å². The van der Waals surface area contributed by atoms with Crippen LogP contribution in [-0.2, 0) is 5.54 Å². The Morgan fingerprint density at radius 2 is 1.35 bits per heavy atom. The Labute approximate surface area is 152 Å². The third-order valence-electron chi connectivity index (χ3n) is 5.12. The van der Waals surface area contributed by atoms with Gasteiger partial charge in [0.25, 0.3) is 0 Å². The minimum absolute atomic E-state index is 0.778. The van der Waals surface area contributed by atoms with Crippen molar-refractivity contribution >= 4 is 0 Å². The van der Waals surface area contributed by atoms with E-state index in [1.165, 1.54) is 0 Å². The summed E-state index contributed by atoms with van der Waals surface area (Å²) in [6, 6.07) is 26.6. The molecule has 0 aliphatic heterocycles. The first kappa shape index (κ1) is 15.0. The van der Waals surface area contributed by atoms with Gasteiger partial charge in [0.1, 0.15) is 0 Å². The molecule has 2 N–H and O–H groups in total. The Morgan fingerprint density at radius 1 is 0.654 bits per heavy atom. The van der Waals surface area contributed by atoms with Crippen LogP contribution >= 0.6 is 0 Å². The van der Waals surface area contributed by atoms with Crippen LogP contribution < -0.4 is 5.73 Å². The minimum atomic E-state index is -0.778. The van der Waals surface area contributed by atoms with Gasteiger partial charge in [-0.3, -0.25) is 9.97 Å². The molecule has 2 aromatic heterocycles. The molecule has 2 aromatic carbocycles. The lowest BCUT2D eigenvalue weighted by molar-refractivity contribution is 0.671. The predicted molar refractivity (Wildman–Crippen MR) is 103 cm³/mol. The molecule has 1 unspecified atom stereocenters. The first-order valence-corrected chi connectivity index (χ1v) is 8.65. The fourth-order valence-electron chi connectivity index (χ4n) is 3.95. The van der Waals surface area contributed by atoms with E-state index in [0.717, 1.165) is 39.2 Å². The second-order valence-corrected chi connectivity index (χ2v) is 6.52. The van der Waals surface area contributed by atoms with Crippen LogP contribution in [0.5, 0.6) is 0 Å². The molecule has 0 saturated carbocycles. The summed E-state index contributed by atoms with van der Waals surface area (Å²) in [6.07, 6.45) is 3.65. The number of hydrogen-bond acceptors (Lipinski definition) is 3. The largest absolute Gasteiger partial charge is 0.314 e. The average molecular weight is 335 g/mol. The first-order chi connectivity index (χ1) is 12.8. The fourth-order valence-corrected chi connectivity index (χ4v) is 3.95. The van der Waals surface area contributed by atoms with Crippen molar-refractivity contribution in [1.29, 1.82) is 0 Å². The highest BCUT2D eigenvalue weighted by Crippen LogP contribution is 2.50. The van der Waals surface area contributed by atoms with E-state index in [2.05, 4.69) is 40.3 Å². The van der Waals surface area contributed by atoms with Crippen LogP contribution in [0, 0.1) is 0 Å². The normalized spacial score (nSPS) is 17.6. The molecule has 0 amide bonds. The molecule has 0 radical (unpaired) electrons. The summed E-state index contributed by atoms with van der Waals surface area (Å²) in [7, 11) is 0. The maximum Gasteiger partial charge on any atom is 0.0972 e. The van der Waals surface area contributed by atoms with Gasteiger partial charge < -0.3 is 5.73 Å². The van der Waals surface area contributed by atoms with Crippen molar-refractivity contribution in [2.75, 3.05) is 0 Å². The highest BCUT2D eigenvalue weighted by atomic mass is 14.9. The molecule has 0 bridgehead atoms. The second kappa shape index (κ2) is 5.61. The third-order valence-corrected chi connectivity index (χ3v) is 5.12. The number of rotatable bonds is 2. The number of nitrogens with two attached hydrogens (primary N) is 1. The van der Waals surface area contributed by atoms with Gasteiger partial charge in [-0.2, -0.15) is 0 Å². The molecule has 1 atom stereocenters. The molecule has 1 aliphatic rings. The summed E-state index contributed by atoms with van der Waals surface area (Å²) in [4.78, 5) is 9.28. The van der Waals surface area contributed by atoms with E-state index in [9.17, 15) is 0 Å². The molecule has 4 aromatic rings. The van der Waals surface area contributed by atoms with Gasteiger partial charge in [-0.15, -0.1) is 0 Å². The third kappa shape index (κ3) is 1.98. The maximum atomic E-state index is 7.16. The van der Waals surface area contributed by atoms with Crippen LogP contribution in [0.25, 0.3) is 22.5 Å². The SMILES string of the molecule is NC1(c2ccccc2)c2cccnc2-c2nccc(-c3ccccc3)c21. The van der Waals surface area contributed by atoms with E-state index in [1.54, 1.807) is 6.20 Å². The minimum Gasteiger partial charge on any atom is -0.314 e. The van der Waals surface area contributed by atoms with E-state index in [4.69, 9.17) is 5.73 Å². The Kier molecular flexibility index (Phi) is 3.24. The lowest BCUT2D eigenvalue weighted by Gasteiger charge is -2.29. The number of benzene rings is 2. The lowest BCUT2D eigenvalue weighted by Crippen LogP contribution is -2.37. The molecule has 1 aliphatic carbocycles. The lowest BCUT2D eigenvalue weighted by atomic mass is 9.79. The first-order valence-electron chi connectivity index (χ1n) is 8.65. The Bertz CT molecular complexity index is 1090. The summed E-state index contributed by atoms with van der Waals surface area (Å²) in [5.41, 5.74) is 13.4. The summed E-state index contributed by atoms with van der Waals surface area (Å²) in [6.45, 7) is 0. The zero-order valence-corrected chi connectivity index (χ0v) is 14.1. The molecule has 2 heterocycles. The van der Waals surface area contributed by atoms with E-state index in [-0.39, 0.29) is 0 Å². The van der Waals surface area contributed by atoms with Gasteiger partial charge in [-0.1, -0.05) is 66.7 Å². The number of pyridine rings is 2. The van der Waals surface area contributed by atoms with Crippen molar-refractivity contribution in [2.24, 2.45) is 5.73 Å². The van der Waals surface area contributed by atoms with Gasteiger partial charge in [-0.05, 0) is 28.8 Å². The van der Waals surface area contributed by atoms with Crippen molar-refractivity contribution in [3.05, 3.63) is 108 Å². The number of aromatic nitrogens is 2. The van der Waals surface area contributed by atoms with Crippen molar-refractivity contribution < 1.29 is 0 Å². The number of fused-ring (bicyclic) bond motifs is 3. The predicted octanol–water partition coefficient (Wildman–Crippen LogP) is 4.37. The number of nitrogens with zero attached hydrogens (tertiary/aromatic N) is 2. The quantitative estimate of drug-likeness (QED) is 0.591. The van der Waals surface area contributed by atoms with E-state index < -0.39 is 5.54 Å². The zero-order valence-electron chi connectivity index (χ0n) is 14.1. The van der Waals surface area contributed by atoms with Gasteiger partial charge in [0.05, 0.1) is 16.9 Å². The smallest absolute Gasteiger partial charge is 0.0972 e. The van der Waals surface area contributed by atoms with Crippen LogP contribution in [0.3, 0.4) is 0 Å². The molecule has 0 saturated heterocycles. The summed E-state index contributed by atoms with van der Waals surface area (Å²) < 4.78 is 0. The van der Waals surface area contributed by atoms with E-state index in [1.807, 2.05) is 54.7 Å². The zero-order chi connectivity index (χ0) is 17.6. The summed E-state index contributed by atoms with van der Waals surface area (Å²) in [5, 5.41) is 0. The van der Waals surface area contributed by atoms with E-state index in [0.29, 0.717) is 0 Å². The van der Waals surface area contributed by atoms with Crippen molar-refractivity contribution in [3.63, 3.8) is 0 Å². The summed E-state index contributed by atoms with van der Waals surface area (Å²) >= 11 is 0. The molecule has 5 rings (SSSR count). The van der Waals surface area contributed by atoms with Gasteiger partial charge >= 0.3 is 0 Å². The summed E-state index contributed by atoms with van der Waals surface area (Å²) in [5.74, 6) is 0. The Hall–Kier alpha value is -3.30. The average Bonchev–Trinajstić information content (AvgIpc) is 3.00. The second-order valence-electron chi connectivity index (χ2n) is 6.52. The highest BCUT2D eigenvalue weighted by Gasteiger charge is 2.44. The van der Waals surface area contributed by atoms with Gasteiger partial charge in [0, 0.05) is 23.5 Å². The van der Waals surface area contributed by atoms with Crippen molar-refractivity contribution in [3.8, 4) is 22.5 Å². The maximum absolute atomic E-state index is 7.16. The van der Waals surface area contributed by atoms with Gasteiger partial charge in [0.2, 0.25) is 0 Å². The Balaban J connectivity index is 1.89. The van der Waals surface area contributed by atoms with E-state index >= 15 is 0 Å². The standard InChI is InChI=1S/C23H17N3/c24-23(17-10-5-2-6-11-17)19-12-7-14-25-21(19)22-20(23)18(13-15-26-22)16-8-3-1-4-9-16/h1-15H,24H2. The molecular weight excluding hydrogens is 318 g/mol. The van der Waals surface area contributed by atoms with Crippen LogP contribution in [0.15, 0.2) is 91.3 Å². The fraction of sp³-hybridized carbons (Fsp3) is 0.0435. The number of hydrogen-bond donors (Lipinski definition) is 1. The highest BCUT2D eigenvalue weighted by molar-refractivity contribution is 5.86. The van der Waals surface area contributed by atoms with Crippen LogP contribution in [-0.4, -0.2) is 9.97 Å². The van der Waals surface area contributed by atoms with Crippen LogP contribution in [0.1, 0.15) is 16.7 Å². The Morgan fingerprint density at radius 3 is 2.12 bits per heavy atom. The van der Waals surface area contributed by atoms with Crippen molar-refractivity contribution in [2.45, 2.75) is 5.54 Å². The van der Waals surface area contributed by atoms with Gasteiger partial charge in [-0.25, -0.2) is 0 Å². The molecule has 124 valence electrons. The molecule has 0 spiro atoms. The molecule has 0 fully saturated rings. The molecule has 26 heavy (non-hydrogen) atoms. The van der Waals surface area contributed by atoms with Gasteiger partial charge in [0.15, 0.2) is 0 Å².